The molecule has 0 bridgehead atoms. The number of fused-ring (bicyclic) bond motifs is 1. The third-order valence-electron chi connectivity index (χ3n) is 4.00. The first-order valence-electron chi connectivity index (χ1n) is 7.90. The topological polar surface area (TPSA) is 98.0 Å². The zero-order valence-corrected chi connectivity index (χ0v) is 13.7. The summed E-state index contributed by atoms with van der Waals surface area (Å²) < 4.78 is 27.8. The number of aliphatic hydroxyl groups excluding tert-OH is 1. The van der Waals surface area contributed by atoms with Gasteiger partial charge in [0.1, 0.15) is 17.7 Å². The summed E-state index contributed by atoms with van der Waals surface area (Å²) in [5.41, 5.74) is 2.54. The molecular weight excluding hydrogens is 330 g/mol. The molecule has 1 unspecified atom stereocenters. The Kier molecular flexibility index (Phi) is 4.95. The molecule has 0 saturated heterocycles. The molecular formula is C16H20F2N6O. The van der Waals surface area contributed by atoms with Crippen molar-refractivity contribution in [1.29, 1.82) is 5.41 Å². The third kappa shape index (κ3) is 3.62. The van der Waals surface area contributed by atoms with Gasteiger partial charge in [-0.1, -0.05) is 0 Å². The molecule has 1 aliphatic heterocycles. The van der Waals surface area contributed by atoms with Gasteiger partial charge in [-0.15, -0.1) is 0 Å². The van der Waals surface area contributed by atoms with E-state index in [0.717, 1.165) is 29.3 Å². The molecule has 134 valence electrons. The van der Waals surface area contributed by atoms with Crippen LogP contribution >= 0.6 is 0 Å². The minimum atomic E-state index is -2.67. The molecule has 9 heteroatoms. The Morgan fingerprint density at radius 3 is 2.88 bits per heavy atom. The van der Waals surface area contributed by atoms with Gasteiger partial charge in [0.2, 0.25) is 0 Å². The minimum Gasteiger partial charge on any atom is -0.394 e. The summed E-state index contributed by atoms with van der Waals surface area (Å²) in [6.45, 7) is 0.238. The Bertz CT molecular complexity index is 759. The highest BCUT2D eigenvalue weighted by atomic mass is 19.3. The molecule has 1 fully saturated rings. The van der Waals surface area contributed by atoms with Gasteiger partial charge >= 0.3 is 0 Å². The summed E-state index contributed by atoms with van der Waals surface area (Å²) in [7, 11) is 1.71. The highest BCUT2D eigenvalue weighted by molar-refractivity contribution is 5.76. The van der Waals surface area contributed by atoms with Crippen molar-refractivity contribution in [3.05, 3.63) is 40.9 Å². The lowest BCUT2D eigenvalue weighted by Gasteiger charge is -2.22. The van der Waals surface area contributed by atoms with Crippen LogP contribution in [0.4, 0.5) is 14.6 Å². The molecule has 0 amide bonds. The average Bonchev–Trinajstić information content (AvgIpc) is 3.36. The molecule has 1 atom stereocenters. The summed E-state index contributed by atoms with van der Waals surface area (Å²) in [4.78, 5) is 0. The lowest BCUT2D eigenvalue weighted by atomic mass is 10.2. The van der Waals surface area contributed by atoms with Gasteiger partial charge in [-0.05, 0) is 30.1 Å². The highest BCUT2D eigenvalue weighted by Gasteiger charge is 2.30. The van der Waals surface area contributed by atoms with Crippen LogP contribution < -0.4 is 16.0 Å². The van der Waals surface area contributed by atoms with Crippen molar-refractivity contribution < 1.29 is 13.9 Å². The number of nitrogens with one attached hydrogen (secondary N) is 4. The van der Waals surface area contributed by atoms with Crippen LogP contribution in [0, 0.1) is 5.41 Å². The van der Waals surface area contributed by atoms with Crippen LogP contribution in [0.5, 0.6) is 0 Å². The van der Waals surface area contributed by atoms with E-state index in [9.17, 15) is 13.9 Å². The standard InChI is InChI=1S/C16H20F2N6O/c1-20-6-9(5-19)7-21-16(25)11-8-22-24-13(14(17)18)4-12(10-2-3-10)23-15(11)24/h4-6,8,14,16,19-21,23,25H,2-3,7H2,1H3/b9-6+,19-5?. The number of aliphatic hydroxyl groups is 1. The summed E-state index contributed by atoms with van der Waals surface area (Å²) in [6.07, 6.45) is 3.56. The van der Waals surface area contributed by atoms with E-state index in [0.29, 0.717) is 22.7 Å². The number of hydrogen-bond donors (Lipinski definition) is 5. The van der Waals surface area contributed by atoms with E-state index >= 15 is 0 Å². The molecule has 0 aromatic carbocycles. The number of nitrogens with zero attached hydrogens (tertiary/aromatic N) is 2. The normalized spacial score (nSPS) is 17.8. The molecule has 3 rings (SSSR count). The summed E-state index contributed by atoms with van der Waals surface area (Å²) >= 11 is 0. The fourth-order valence-corrected chi connectivity index (χ4v) is 2.59. The molecule has 1 saturated carbocycles. The Morgan fingerprint density at radius 2 is 2.28 bits per heavy atom. The number of alkyl halides is 2. The predicted molar refractivity (Wildman–Crippen MR) is 91.3 cm³/mol. The Labute approximate surface area is 143 Å². The number of aromatic nitrogens is 2. The molecule has 1 aliphatic carbocycles. The lowest BCUT2D eigenvalue weighted by molar-refractivity contribution is 0.144. The first kappa shape index (κ1) is 17.3. The van der Waals surface area contributed by atoms with E-state index < -0.39 is 12.7 Å². The van der Waals surface area contributed by atoms with Gasteiger partial charge in [-0.2, -0.15) is 5.10 Å². The van der Waals surface area contributed by atoms with E-state index in [2.05, 4.69) is 21.0 Å². The molecule has 0 radical (unpaired) electrons. The van der Waals surface area contributed by atoms with Crippen molar-refractivity contribution in [2.45, 2.75) is 25.5 Å². The van der Waals surface area contributed by atoms with Crippen molar-refractivity contribution in [1.82, 2.24) is 20.4 Å². The van der Waals surface area contributed by atoms with Crippen LogP contribution in [0.25, 0.3) is 5.70 Å². The van der Waals surface area contributed by atoms with Crippen molar-refractivity contribution in [2.24, 2.45) is 0 Å². The number of halogens is 2. The van der Waals surface area contributed by atoms with E-state index in [-0.39, 0.29) is 12.2 Å². The van der Waals surface area contributed by atoms with Crippen LogP contribution in [0.2, 0.25) is 0 Å². The summed E-state index contributed by atoms with van der Waals surface area (Å²) in [6, 6.07) is 0. The molecule has 1 aromatic heterocycles. The maximum absolute atomic E-state index is 13.4. The fraction of sp³-hybridized carbons (Fsp3) is 0.375. The van der Waals surface area contributed by atoms with Gasteiger partial charge in [0.05, 0.1) is 11.8 Å². The molecule has 0 spiro atoms. The van der Waals surface area contributed by atoms with Crippen LogP contribution in [0.1, 0.15) is 24.6 Å². The van der Waals surface area contributed by atoms with Crippen molar-refractivity contribution in [3.8, 4) is 0 Å². The van der Waals surface area contributed by atoms with E-state index in [4.69, 9.17) is 5.41 Å². The molecule has 2 aliphatic rings. The zero-order chi connectivity index (χ0) is 18.0. The first-order chi connectivity index (χ1) is 12.0. The Hall–Kier alpha value is -2.52. The van der Waals surface area contributed by atoms with E-state index in [1.807, 2.05) is 0 Å². The van der Waals surface area contributed by atoms with Gasteiger partial charge in [-0.3, -0.25) is 5.32 Å². The fourth-order valence-electron chi connectivity index (χ4n) is 2.59. The van der Waals surface area contributed by atoms with Gasteiger partial charge in [0.25, 0.3) is 6.43 Å². The molecule has 1 aromatic rings. The second-order valence-electron chi connectivity index (χ2n) is 5.81. The van der Waals surface area contributed by atoms with Crippen molar-refractivity contribution in [3.63, 3.8) is 0 Å². The highest BCUT2D eigenvalue weighted by Crippen LogP contribution is 2.38. The van der Waals surface area contributed by atoms with Crippen LogP contribution in [-0.4, -0.2) is 41.1 Å². The smallest absolute Gasteiger partial charge is 0.280 e. The average molecular weight is 350 g/mol. The Morgan fingerprint density at radius 1 is 1.52 bits per heavy atom. The predicted octanol–water partition coefficient (Wildman–Crippen LogP) is 1.80. The number of hydrogen-bond acceptors (Lipinski definition) is 6. The zero-order valence-electron chi connectivity index (χ0n) is 13.7. The van der Waals surface area contributed by atoms with Gasteiger partial charge in [-0.25, -0.2) is 13.5 Å². The number of rotatable bonds is 7. The Balaban J connectivity index is 1.84. The third-order valence-corrected chi connectivity index (χ3v) is 4.00. The van der Waals surface area contributed by atoms with Gasteiger partial charge in [0, 0.05) is 31.7 Å². The monoisotopic (exact) mass is 350 g/mol. The van der Waals surface area contributed by atoms with Crippen molar-refractivity contribution >= 4 is 17.7 Å². The summed E-state index contributed by atoms with van der Waals surface area (Å²) in [5, 5.41) is 30.5. The molecule has 2 heterocycles. The van der Waals surface area contributed by atoms with Gasteiger partial charge < -0.3 is 21.1 Å². The maximum atomic E-state index is 13.4. The molecule has 7 nitrogen and oxygen atoms in total. The van der Waals surface area contributed by atoms with E-state index in [1.165, 1.54) is 12.3 Å². The molecule has 25 heavy (non-hydrogen) atoms. The lowest BCUT2D eigenvalue weighted by Crippen LogP contribution is -2.26. The second-order valence-corrected chi connectivity index (χ2v) is 5.81. The van der Waals surface area contributed by atoms with Crippen LogP contribution in [0.3, 0.4) is 0 Å². The SMILES string of the molecule is CN/C=C(\C=N)CNC(O)c1cnn2c1NC(=C1CC1)C=C2C(F)F. The number of anilines is 1. The van der Waals surface area contributed by atoms with Crippen molar-refractivity contribution in [2.75, 3.05) is 18.9 Å². The largest absolute Gasteiger partial charge is 0.394 e. The van der Waals surface area contributed by atoms with E-state index in [1.54, 1.807) is 13.2 Å². The quantitative estimate of drug-likeness (QED) is 0.382. The first-order valence-corrected chi connectivity index (χ1v) is 7.90. The second kappa shape index (κ2) is 7.16. The van der Waals surface area contributed by atoms with Gasteiger partial charge in [0.15, 0.2) is 0 Å². The van der Waals surface area contributed by atoms with Crippen LogP contribution in [0.15, 0.2) is 35.3 Å². The number of allylic oxidation sites excluding steroid dienone is 3. The molecule has 5 N–H and O–H groups in total. The minimum absolute atomic E-state index is 0.211. The maximum Gasteiger partial charge on any atom is 0.280 e. The summed E-state index contributed by atoms with van der Waals surface area (Å²) in [5.74, 6) is 0.334. The van der Waals surface area contributed by atoms with Crippen LogP contribution in [-0.2, 0) is 0 Å².